The van der Waals surface area contributed by atoms with Gasteiger partial charge in [0.25, 0.3) is 0 Å². The van der Waals surface area contributed by atoms with Crippen LogP contribution >= 0.6 is 0 Å². The number of hydrogen-bond donors (Lipinski definition) is 0. The zero-order valence-electron chi connectivity index (χ0n) is 22.9. The number of nitrogens with zero attached hydrogens (tertiary/aromatic N) is 2. The van der Waals surface area contributed by atoms with Gasteiger partial charge >= 0.3 is 0 Å². The number of halogens is 1. The summed E-state index contributed by atoms with van der Waals surface area (Å²) in [6.45, 7) is 6.49. The first kappa shape index (κ1) is 26.8. The van der Waals surface area contributed by atoms with Crippen LogP contribution in [-0.4, -0.2) is 38.3 Å². The van der Waals surface area contributed by atoms with Crippen LogP contribution in [0.15, 0.2) is 97.1 Å². The highest BCUT2D eigenvalue weighted by Crippen LogP contribution is 2.37. The van der Waals surface area contributed by atoms with E-state index in [4.69, 9.17) is 9.47 Å². The van der Waals surface area contributed by atoms with E-state index in [1.54, 1.807) is 19.2 Å². The highest BCUT2D eigenvalue weighted by Gasteiger charge is 2.28. The summed E-state index contributed by atoms with van der Waals surface area (Å²) in [4.78, 5) is 4.79. The Labute approximate surface area is 231 Å². The number of benzene rings is 4. The molecule has 1 unspecified atom stereocenters. The van der Waals surface area contributed by atoms with Crippen molar-refractivity contribution in [3.8, 4) is 11.5 Å². The predicted octanol–water partition coefficient (Wildman–Crippen LogP) is 7.08. The molecule has 5 heteroatoms. The zero-order chi connectivity index (χ0) is 27.0. The van der Waals surface area contributed by atoms with Gasteiger partial charge in [0, 0.05) is 25.3 Å². The molecule has 0 fully saturated rings. The SMILES string of the molecule is CCN(CCOc1ccc(CC2c3ccc(OC)cc3CCN2c2ccc(F)cc2)cc1)Cc1ccccc1. The monoisotopic (exact) mass is 524 g/mol. The van der Waals surface area contributed by atoms with Gasteiger partial charge < -0.3 is 14.4 Å². The van der Waals surface area contributed by atoms with Crippen molar-refractivity contribution >= 4 is 5.69 Å². The molecule has 1 aliphatic heterocycles. The van der Waals surface area contributed by atoms with Gasteiger partial charge in [-0.15, -0.1) is 0 Å². The fraction of sp³-hybridized carbons (Fsp3) is 0.294. The van der Waals surface area contributed by atoms with Crippen molar-refractivity contribution in [3.63, 3.8) is 0 Å². The van der Waals surface area contributed by atoms with Gasteiger partial charge in [0.2, 0.25) is 0 Å². The lowest BCUT2D eigenvalue weighted by Crippen LogP contribution is -2.36. The smallest absolute Gasteiger partial charge is 0.123 e. The highest BCUT2D eigenvalue weighted by molar-refractivity contribution is 5.54. The number of ether oxygens (including phenoxy) is 2. The summed E-state index contributed by atoms with van der Waals surface area (Å²) in [5, 5.41) is 0. The van der Waals surface area contributed by atoms with Crippen LogP contribution in [0.3, 0.4) is 0 Å². The lowest BCUT2D eigenvalue weighted by Gasteiger charge is -2.39. The van der Waals surface area contributed by atoms with Crippen molar-refractivity contribution in [1.29, 1.82) is 0 Å². The fourth-order valence-corrected chi connectivity index (χ4v) is 5.41. The molecule has 39 heavy (non-hydrogen) atoms. The number of fused-ring (bicyclic) bond motifs is 1. The van der Waals surface area contributed by atoms with Crippen molar-refractivity contribution in [3.05, 3.63) is 125 Å². The molecule has 0 amide bonds. The van der Waals surface area contributed by atoms with Gasteiger partial charge in [-0.05, 0) is 90.2 Å². The fourth-order valence-electron chi connectivity index (χ4n) is 5.41. The summed E-state index contributed by atoms with van der Waals surface area (Å²) in [5.41, 5.74) is 6.21. The molecule has 0 radical (unpaired) electrons. The third-order valence-corrected chi connectivity index (χ3v) is 7.59. The standard InChI is InChI=1S/C34H37FN2O2/c1-3-36(25-27-7-5-4-6-8-27)21-22-39-31-15-9-26(10-16-31)23-34-33-18-17-32(38-2)24-28(33)19-20-37(34)30-13-11-29(35)12-14-30/h4-18,24,34H,3,19-23,25H2,1-2H3. The third-order valence-electron chi connectivity index (χ3n) is 7.59. The van der Waals surface area contributed by atoms with Crippen LogP contribution < -0.4 is 14.4 Å². The maximum absolute atomic E-state index is 13.7. The Morgan fingerprint density at radius 1 is 0.872 bits per heavy atom. The van der Waals surface area contributed by atoms with Crippen LogP contribution in [0.25, 0.3) is 0 Å². The predicted molar refractivity (Wildman–Crippen MR) is 156 cm³/mol. The Morgan fingerprint density at radius 2 is 1.62 bits per heavy atom. The summed E-state index contributed by atoms with van der Waals surface area (Å²) in [7, 11) is 1.71. The number of likely N-dealkylation sites (N-methyl/N-ethyl adjacent to an activating group) is 1. The lowest BCUT2D eigenvalue weighted by atomic mass is 9.88. The summed E-state index contributed by atoms with van der Waals surface area (Å²) < 4.78 is 25.2. The maximum Gasteiger partial charge on any atom is 0.123 e. The van der Waals surface area contributed by atoms with E-state index in [2.05, 4.69) is 83.5 Å². The molecule has 4 aromatic carbocycles. The largest absolute Gasteiger partial charge is 0.497 e. The maximum atomic E-state index is 13.7. The van der Waals surface area contributed by atoms with Crippen molar-refractivity contribution in [2.24, 2.45) is 0 Å². The molecule has 202 valence electrons. The van der Waals surface area contributed by atoms with Crippen LogP contribution in [0.4, 0.5) is 10.1 Å². The summed E-state index contributed by atoms with van der Waals surface area (Å²) in [6, 6.07) is 32.4. The van der Waals surface area contributed by atoms with Gasteiger partial charge in [0.15, 0.2) is 0 Å². The second kappa shape index (κ2) is 12.8. The normalized spacial score (nSPS) is 14.8. The number of hydrogen-bond acceptors (Lipinski definition) is 4. The topological polar surface area (TPSA) is 24.9 Å². The molecule has 0 bridgehead atoms. The van der Waals surface area contributed by atoms with Gasteiger partial charge in [0.1, 0.15) is 23.9 Å². The van der Waals surface area contributed by atoms with Gasteiger partial charge in [-0.2, -0.15) is 0 Å². The van der Waals surface area contributed by atoms with E-state index in [1.165, 1.54) is 22.3 Å². The molecule has 0 saturated carbocycles. The quantitative estimate of drug-likeness (QED) is 0.209. The zero-order valence-corrected chi connectivity index (χ0v) is 22.9. The first-order chi connectivity index (χ1) is 19.1. The molecular formula is C34H37FN2O2. The van der Waals surface area contributed by atoms with Crippen molar-refractivity contribution in [2.75, 3.05) is 38.3 Å². The van der Waals surface area contributed by atoms with E-state index in [-0.39, 0.29) is 11.9 Å². The van der Waals surface area contributed by atoms with Gasteiger partial charge in [-0.25, -0.2) is 4.39 Å². The van der Waals surface area contributed by atoms with Crippen molar-refractivity contribution in [1.82, 2.24) is 4.90 Å². The lowest BCUT2D eigenvalue weighted by molar-refractivity contribution is 0.210. The van der Waals surface area contributed by atoms with Crippen LogP contribution in [0, 0.1) is 5.82 Å². The Balaban J connectivity index is 1.25. The molecule has 1 atom stereocenters. The first-order valence-electron chi connectivity index (χ1n) is 13.8. The van der Waals surface area contributed by atoms with Crippen LogP contribution in [-0.2, 0) is 19.4 Å². The average Bonchev–Trinajstić information content (AvgIpc) is 2.98. The minimum Gasteiger partial charge on any atom is -0.497 e. The molecule has 0 aromatic heterocycles. The van der Waals surface area contributed by atoms with Gasteiger partial charge in [0.05, 0.1) is 13.2 Å². The summed E-state index contributed by atoms with van der Waals surface area (Å²) in [5.74, 6) is 1.56. The summed E-state index contributed by atoms with van der Waals surface area (Å²) in [6.07, 6.45) is 1.77. The third kappa shape index (κ3) is 6.79. The molecule has 0 N–H and O–H groups in total. The second-order valence-corrected chi connectivity index (χ2v) is 10.1. The molecule has 4 aromatic rings. The molecule has 0 aliphatic carbocycles. The van der Waals surface area contributed by atoms with Gasteiger partial charge in [-0.3, -0.25) is 4.90 Å². The highest BCUT2D eigenvalue weighted by atomic mass is 19.1. The molecular weight excluding hydrogens is 487 g/mol. The molecule has 5 rings (SSSR count). The van der Waals surface area contributed by atoms with Crippen LogP contribution in [0.5, 0.6) is 11.5 Å². The van der Waals surface area contributed by atoms with E-state index >= 15 is 0 Å². The minimum absolute atomic E-state index is 0.146. The Bertz CT molecular complexity index is 1330. The van der Waals surface area contributed by atoms with E-state index in [0.29, 0.717) is 6.61 Å². The minimum atomic E-state index is -0.213. The number of anilines is 1. The first-order valence-corrected chi connectivity index (χ1v) is 13.8. The van der Waals surface area contributed by atoms with E-state index in [0.717, 1.165) is 56.2 Å². The van der Waals surface area contributed by atoms with Crippen molar-refractivity contribution < 1.29 is 13.9 Å². The second-order valence-electron chi connectivity index (χ2n) is 10.1. The molecule has 4 nitrogen and oxygen atoms in total. The average molecular weight is 525 g/mol. The van der Waals surface area contributed by atoms with Crippen LogP contribution in [0.1, 0.15) is 35.2 Å². The molecule has 0 saturated heterocycles. The Hall–Kier alpha value is -3.83. The molecule has 1 aliphatic rings. The van der Waals surface area contributed by atoms with E-state index in [9.17, 15) is 4.39 Å². The molecule has 1 heterocycles. The Kier molecular flexibility index (Phi) is 8.79. The Morgan fingerprint density at radius 3 is 2.33 bits per heavy atom. The number of methoxy groups -OCH3 is 1. The number of rotatable bonds is 11. The van der Waals surface area contributed by atoms with Crippen LogP contribution in [0.2, 0.25) is 0 Å². The van der Waals surface area contributed by atoms with E-state index in [1.807, 2.05) is 18.2 Å². The van der Waals surface area contributed by atoms with Crippen molar-refractivity contribution in [2.45, 2.75) is 32.4 Å². The van der Waals surface area contributed by atoms with E-state index < -0.39 is 0 Å². The summed E-state index contributed by atoms with van der Waals surface area (Å²) >= 11 is 0. The molecule has 0 spiro atoms. The van der Waals surface area contributed by atoms with Gasteiger partial charge in [-0.1, -0.05) is 55.5 Å².